The van der Waals surface area contributed by atoms with Crippen LogP contribution in [0.4, 0.5) is 10.8 Å². The molecule has 2 atom stereocenters. The number of rotatable bonds is 3. The second kappa shape index (κ2) is 8.54. The lowest BCUT2D eigenvalue weighted by atomic mass is 10.1. The van der Waals surface area contributed by atoms with Gasteiger partial charge in [0.2, 0.25) is 5.91 Å². The number of nitrogens with two attached hydrogens (primary N) is 1. The highest BCUT2D eigenvalue weighted by atomic mass is 35.5. The molecule has 2 aromatic rings. The van der Waals surface area contributed by atoms with Gasteiger partial charge in [0, 0.05) is 30.7 Å². The molecular formula is C17H24Cl2N4OS. The molecule has 25 heavy (non-hydrogen) atoms. The number of aromatic nitrogens is 1. The van der Waals surface area contributed by atoms with Crippen LogP contribution in [0.5, 0.6) is 0 Å². The van der Waals surface area contributed by atoms with E-state index in [1.54, 1.807) is 11.3 Å². The maximum atomic E-state index is 12.3. The summed E-state index contributed by atoms with van der Waals surface area (Å²) < 4.78 is 1.13. The third-order valence-corrected chi connectivity index (χ3v) is 5.94. The smallest absolute Gasteiger partial charge is 0.227 e. The SMILES string of the molecule is Cl.Cl.NC1CCC(C(=O)Nc2ccc3nc(N4CCCC4)sc3c2)C1. The lowest BCUT2D eigenvalue weighted by Gasteiger charge is -2.11. The Balaban J connectivity index is 0.00000113. The number of amides is 1. The molecule has 0 radical (unpaired) electrons. The first-order valence-corrected chi connectivity index (χ1v) is 9.23. The van der Waals surface area contributed by atoms with Crippen molar-refractivity contribution in [2.24, 2.45) is 11.7 Å². The molecule has 1 aliphatic carbocycles. The van der Waals surface area contributed by atoms with Crippen molar-refractivity contribution in [1.29, 1.82) is 0 Å². The highest BCUT2D eigenvalue weighted by molar-refractivity contribution is 7.22. The van der Waals surface area contributed by atoms with Crippen LogP contribution in [0.25, 0.3) is 10.2 Å². The summed E-state index contributed by atoms with van der Waals surface area (Å²) >= 11 is 1.71. The molecule has 1 saturated heterocycles. The van der Waals surface area contributed by atoms with Crippen LogP contribution < -0.4 is 16.0 Å². The fourth-order valence-corrected chi connectivity index (χ4v) is 4.59. The molecule has 1 aliphatic heterocycles. The standard InChI is InChI=1S/C17H22N4OS.2ClH/c18-12-4-3-11(9-12)16(22)19-13-5-6-14-15(10-13)23-17(20-14)21-7-1-2-8-21;;/h5-6,10-12H,1-4,7-9,18H2,(H,19,22);2*1H. The van der Waals surface area contributed by atoms with E-state index in [0.29, 0.717) is 0 Å². The van der Waals surface area contributed by atoms with E-state index >= 15 is 0 Å². The molecule has 3 N–H and O–H groups in total. The first-order chi connectivity index (χ1) is 11.2. The van der Waals surface area contributed by atoms with Crippen molar-refractivity contribution in [3.63, 3.8) is 0 Å². The van der Waals surface area contributed by atoms with Crippen molar-refractivity contribution in [3.05, 3.63) is 18.2 Å². The molecule has 0 bridgehead atoms. The van der Waals surface area contributed by atoms with Crippen LogP contribution in [-0.4, -0.2) is 30.0 Å². The second-order valence-electron chi connectivity index (χ2n) is 6.63. The van der Waals surface area contributed by atoms with Gasteiger partial charge in [0.25, 0.3) is 0 Å². The Morgan fingerprint density at radius 1 is 1.24 bits per heavy atom. The fourth-order valence-electron chi connectivity index (χ4n) is 3.53. The minimum atomic E-state index is 0. The van der Waals surface area contributed by atoms with Gasteiger partial charge in [-0.15, -0.1) is 24.8 Å². The number of carbonyl (C=O) groups is 1. The van der Waals surface area contributed by atoms with E-state index in [2.05, 4.69) is 10.2 Å². The molecular weight excluding hydrogens is 379 g/mol. The van der Waals surface area contributed by atoms with Gasteiger partial charge in [-0.1, -0.05) is 11.3 Å². The third-order valence-electron chi connectivity index (χ3n) is 4.87. The van der Waals surface area contributed by atoms with Crippen LogP contribution in [-0.2, 0) is 4.79 Å². The largest absolute Gasteiger partial charge is 0.348 e. The molecule has 2 fully saturated rings. The summed E-state index contributed by atoms with van der Waals surface area (Å²) in [6.07, 6.45) is 5.15. The summed E-state index contributed by atoms with van der Waals surface area (Å²) in [6.45, 7) is 2.21. The summed E-state index contributed by atoms with van der Waals surface area (Å²) in [4.78, 5) is 19.4. The number of halogens is 2. The number of hydrogen-bond donors (Lipinski definition) is 2. The number of thiazole rings is 1. The fraction of sp³-hybridized carbons (Fsp3) is 0.529. The van der Waals surface area contributed by atoms with Gasteiger partial charge in [-0.05, 0) is 50.3 Å². The highest BCUT2D eigenvalue weighted by Gasteiger charge is 2.27. The molecule has 1 aromatic carbocycles. The Bertz CT molecular complexity index is 733. The zero-order chi connectivity index (χ0) is 15.8. The molecule has 1 aromatic heterocycles. The Morgan fingerprint density at radius 2 is 2.00 bits per heavy atom. The lowest BCUT2D eigenvalue weighted by molar-refractivity contribution is -0.119. The van der Waals surface area contributed by atoms with Gasteiger partial charge >= 0.3 is 0 Å². The van der Waals surface area contributed by atoms with Crippen molar-refractivity contribution >= 4 is 63.1 Å². The average Bonchev–Trinajstić information content (AvgIpc) is 3.26. The highest BCUT2D eigenvalue weighted by Crippen LogP contribution is 2.33. The summed E-state index contributed by atoms with van der Waals surface area (Å²) in [5.74, 6) is 0.156. The predicted octanol–water partition coefficient (Wildman–Crippen LogP) is 3.81. The summed E-state index contributed by atoms with van der Waals surface area (Å²) in [5.41, 5.74) is 7.77. The predicted molar refractivity (Wildman–Crippen MR) is 110 cm³/mol. The molecule has 0 spiro atoms. The maximum Gasteiger partial charge on any atom is 0.227 e. The van der Waals surface area contributed by atoms with Crippen molar-refractivity contribution in [2.75, 3.05) is 23.3 Å². The Hall–Kier alpha value is -1.08. The number of carbonyl (C=O) groups excluding carboxylic acids is 1. The van der Waals surface area contributed by atoms with Crippen LogP contribution in [0.3, 0.4) is 0 Å². The van der Waals surface area contributed by atoms with Gasteiger partial charge < -0.3 is 16.0 Å². The lowest BCUT2D eigenvalue weighted by Crippen LogP contribution is -2.23. The second-order valence-corrected chi connectivity index (χ2v) is 7.64. The first-order valence-electron chi connectivity index (χ1n) is 8.41. The van der Waals surface area contributed by atoms with Gasteiger partial charge in [-0.3, -0.25) is 4.79 Å². The average molecular weight is 403 g/mol. The molecule has 138 valence electrons. The molecule has 1 amide bonds. The number of anilines is 2. The van der Waals surface area contributed by atoms with Crippen LogP contribution >= 0.6 is 36.2 Å². The Morgan fingerprint density at radius 3 is 2.68 bits per heavy atom. The van der Waals surface area contributed by atoms with E-state index in [4.69, 9.17) is 10.7 Å². The van der Waals surface area contributed by atoms with E-state index in [-0.39, 0.29) is 42.7 Å². The van der Waals surface area contributed by atoms with Crippen LogP contribution in [0, 0.1) is 5.92 Å². The normalized spacial score (nSPS) is 22.5. The van der Waals surface area contributed by atoms with Gasteiger partial charge in [0.05, 0.1) is 10.2 Å². The molecule has 2 unspecified atom stereocenters. The minimum Gasteiger partial charge on any atom is -0.348 e. The first kappa shape index (κ1) is 20.2. The van der Waals surface area contributed by atoms with Crippen molar-refractivity contribution in [1.82, 2.24) is 4.98 Å². The summed E-state index contributed by atoms with van der Waals surface area (Å²) in [5, 5.41) is 4.15. The number of benzene rings is 1. The minimum absolute atomic E-state index is 0. The topological polar surface area (TPSA) is 71.2 Å². The van der Waals surface area contributed by atoms with Gasteiger partial charge in [-0.2, -0.15) is 0 Å². The van der Waals surface area contributed by atoms with Crippen LogP contribution in [0.1, 0.15) is 32.1 Å². The van der Waals surface area contributed by atoms with E-state index in [1.165, 1.54) is 12.8 Å². The van der Waals surface area contributed by atoms with Gasteiger partial charge in [0.1, 0.15) is 0 Å². The van der Waals surface area contributed by atoms with Crippen molar-refractivity contribution in [2.45, 2.75) is 38.1 Å². The Kier molecular flexibility index (Phi) is 6.91. The van der Waals surface area contributed by atoms with Crippen LogP contribution in [0.2, 0.25) is 0 Å². The zero-order valence-corrected chi connectivity index (χ0v) is 16.4. The maximum absolute atomic E-state index is 12.3. The van der Waals surface area contributed by atoms with E-state index in [1.807, 2.05) is 18.2 Å². The molecule has 1 saturated carbocycles. The third kappa shape index (κ3) is 4.37. The quantitative estimate of drug-likeness (QED) is 0.818. The summed E-state index contributed by atoms with van der Waals surface area (Å²) in [7, 11) is 0. The monoisotopic (exact) mass is 402 g/mol. The molecule has 2 heterocycles. The number of fused-ring (bicyclic) bond motifs is 1. The number of hydrogen-bond acceptors (Lipinski definition) is 5. The molecule has 2 aliphatic rings. The number of nitrogens with zero attached hydrogens (tertiary/aromatic N) is 2. The van der Waals surface area contributed by atoms with E-state index < -0.39 is 0 Å². The molecule has 8 heteroatoms. The van der Waals surface area contributed by atoms with Gasteiger partial charge in [0.15, 0.2) is 5.13 Å². The zero-order valence-electron chi connectivity index (χ0n) is 13.9. The van der Waals surface area contributed by atoms with E-state index in [0.717, 1.165) is 53.4 Å². The van der Waals surface area contributed by atoms with Crippen LogP contribution in [0.15, 0.2) is 18.2 Å². The van der Waals surface area contributed by atoms with Crippen molar-refractivity contribution in [3.8, 4) is 0 Å². The molecule has 5 nitrogen and oxygen atoms in total. The molecule has 4 rings (SSSR count). The van der Waals surface area contributed by atoms with Crippen molar-refractivity contribution < 1.29 is 4.79 Å². The number of nitrogens with one attached hydrogen (secondary N) is 1. The summed E-state index contributed by atoms with van der Waals surface area (Å²) in [6, 6.07) is 6.17. The van der Waals surface area contributed by atoms with Gasteiger partial charge in [-0.25, -0.2) is 4.98 Å². The Labute approximate surface area is 164 Å². The van der Waals surface area contributed by atoms with E-state index in [9.17, 15) is 4.79 Å².